The summed E-state index contributed by atoms with van der Waals surface area (Å²) in [4.78, 5) is 12.2. The van der Waals surface area contributed by atoms with Gasteiger partial charge in [-0.05, 0) is 42.5 Å². The Labute approximate surface area is 157 Å². The first kappa shape index (κ1) is 19.7. The van der Waals surface area contributed by atoms with Gasteiger partial charge in [0.15, 0.2) is 0 Å². The highest BCUT2D eigenvalue weighted by atomic mass is 35.5. The van der Waals surface area contributed by atoms with Crippen LogP contribution in [0.15, 0.2) is 47.4 Å². The average Bonchev–Trinajstić information content (AvgIpc) is 2.57. The maximum absolute atomic E-state index is 12.7. The minimum atomic E-state index is -3.73. The summed E-state index contributed by atoms with van der Waals surface area (Å²) in [6, 6.07) is 10.8. The van der Waals surface area contributed by atoms with E-state index in [1.165, 1.54) is 16.4 Å². The number of amides is 1. The van der Waals surface area contributed by atoms with Crippen LogP contribution in [-0.4, -0.2) is 31.7 Å². The molecule has 0 unspecified atom stereocenters. The second-order valence-electron chi connectivity index (χ2n) is 5.20. The number of halogens is 2. The first-order valence-electron chi connectivity index (χ1n) is 7.66. The van der Waals surface area contributed by atoms with Crippen molar-refractivity contribution in [2.45, 2.75) is 18.7 Å². The molecule has 5 nitrogen and oxygen atoms in total. The lowest BCUT2D eigenvalue weighted by Gasteiger charge is -2.19. The van der Waals surface area contributed by atoms with E-state index < -0.39 is 10.0 Å². The van der Waals surface area contributed by atoms with Crippen LogP contribution >= 0.6 is 23.2 Å². The second-order valence-corrected chi connectivity index (χ2v) is 7.95. The molecule has 0 aliphatic carbocycles. The van der Waals surface area contributed by atoms with Crippen molar-refractivity contribution in [2.75, 3.05) is 18.4 Å². The predicted molar refractivity (Wildman–Crippen MR) is 101 cm³/mol. The van der Waals surface area contributed by atoms with Crippen LogP contribution in [0.25, 0.3) is 0 Å². The zero-order valence-corrected chi connectivity index (χ0v) is 16.1. The van der Waals surface area contributed by atoms with Gasteiger partial charge in [0.05, 0.1) is 5.02 Å². The van der Waals surface area contributed by atoms with Crippen LogP contribution in [0.2, 0.25) is 10.0 Å². The van der Waals surface area contributed by atoms with Crippen molar-refractivity contribution in [1.82, 2.24) is 4.31 Å². The van der Waals surface area contributed by atoms with Crippen molar-refractivity contribution in [1.29, 1.82) is 0 Å². The highest BCUT2D eigenvalue weighted by molar-refractivity contribution is 7.89. The van der Waals surface area contributed by atoms with Gasteiger partial charge < -0.3 is 5.32 Å². The van der Waals surface area contributed by atoms with Gasteiger partial charge >= 0.3 is 0 Å². The van der Waals surface area contributed by atoms with E-state index >= 15 is 0 Å². The summed E-state index contributed by atoms with van der Waals surface area (Å²) < 4.78 is 26.7. The first-order valence-corrected chi connectivity index (χ1v) is 9.85. The third-order valence-electron chi connectivity index (χ3n) is 3.62. The fraction of sp³-hybridized carbons (Fsp3) is 0.235. The SMILES string of the molecule is CCN(CC)S(=O)(=O)c1cc(NC(=O)c2ccc(Cl)cc2)ccc1Cl. The fourth-order valence-electron chi connectivity index (χ4n) is 2.29. The summed E-state index contributed by atoms with van der Waals surface area (Å²) in [6.45, 7) is 4.16. The van der Waals surface area contributed by atoms with Crippen LogP contribution in [0.5, 0.6) is 0 Å². The number of hydrogen-bond donors (Lipinski definition) is 1. The molecule has 8 heteroatoms. The monoisotopic (exact) mass is 400 g/mol. The molecule has 0 atom stereocenters. The number of rotatable bonds is 6. The van der Waals surface area contributed by atoms with E-state index in [0.29, 0.717) is 29.4 Å². The lowest BCUT2D eigenvalue weighted by Crippen LogP contribution is -2.30. The van der Waals surface area contributed by atoms with Gasteiger partial charge in [-0.25, -0.2) is 8.42 Å². The molecular formula is C17H18Cl2N2O3S. The highest BCUT2D eigenvalue weighted by Crippen LogP contribution is 2.28. The summed E-state index contributed by atoms with van der Waals surface area (Å²) in [7, 11) is -3.73. The highest BCUT2D eigenvalue weighted by Gasteiger charge is 2.25. The number of nitrogens with one attached hydrogen (secondary N) is 1. The van der Waals surface area contributed by atoms with Crippen molar-refractivity contribution in [2.24, 2.45) is 0 Å². The Bertz CT molecular complexity index is 864. The molecular weight excluding hydrogens is 383 g/mol. The molecule has 2 rings (SSSR count). The molecule has 0 aliphatic heterocycles. The molecule has 0 radical (unpaired) electrons. The summed E-state index contributed by atoms with van der Waals surface area (Å²) in [5.41, 5.74) is 0.752. The van der Waals surface area contributed by atoms with Gasteiger partial charge in [-0.1, -0.05) is 37.0 Å². The van der Waals surface area contributed by atoms with Crippen LogP contribution in [0.1, 0.15) is 24.2 Å². The molecule has 0 fully saturated rings. The third-order valence-corrected chi connectivity index (χ3v) is 6.40. The van der Waals surface area contributed by atoms with Crippen LogP contribution in [0, 0.1) is 0 Å². The van der Waals surface area contributed by atoms with Crippen molar-refractivity contribution >= 4 is 44.8 Å². The van der Waals surface area contributed by atoms with E-state index in [-0.39, 0.29) is 15.8 Å². The zero-order valence-electron chi connectivity index (χ0n) is 13.8. The number of sulfonamides is 1. The molecule has 0 saturated carbocycles. The van der Waals surface area contributed by atoms with Crippen LogP contribution < -0.4 is 5.32 Å². The zero-order chi connectivity index (χ0) is 18.6. The lowest BCUT2D eigenvalue weighted by molar-refractivity contribution is 0.102. The molecule has 2 aromatic rings. The lowest BCUT2D eigenvalue weighted by atomic mass is 10.2. The molecule has 0 aliphatic rings. The molecule has 0 aromatic heterocycles. The average molecular weight is 401 g/mol. The summed E-state index contributed by atoms with van der Waals surface area (Å²) in [5.74, 6) is -0.370. The molecule has 0 heterocycles. The molecule has 25 heavy (non-hydrogen) atoms. The molecule has 1 amide bonds. The molecule has 1 N–H and O–H groups in total. The largest absolute Gasteiger partial charge is 0.322 e. The van der Waals surface area contributed by atoms with Crippen molar-refractivity contribution in [3.8, 4) is 0 Å². The molecule has 2 aromatic carbocycles. The molecule has 134 valence electrons. The van der Waals surface area contributed by atoms with Gasteiger partial charge in [0, 0.05) is 29.4 Å². The van der Waals surface area contributed by atoms with Crippen LogP contribution in [0.3, 0.4) is 0 Å². The van der Waals surface area contributed by atoms with Gasteiger partial charge in [-0.15, -0.1) is 0 Å². The normalized spacial score (nSPS) is 11.6. The smallest absolute Gasteiger partial charge is 0.255 e. The Morgan fingerprint density at radius 1 is 1.04 bits per heavy atom. The summed E-state index contributed by atoms with van der Waals surface area (Å²) >= 11 is 11.9. The Morgan fingerprint density at radius 2 is 1.64 bits per heavy atom. The first-order chi connectivity index (χ1) is 11.8. The maximum atomic E-state index is 12.7. The minimum Gasteiger partial charge on any atom is -0.322 e. The maximum Gasteiger partial charge on any atom is 0.255 e. The van der Waals surface area contributed by atoms with Crippen LogP contribution in [-0.2, 0) is 10.0 Å². The van der Waals surface area contributed by atoms with Gasteiger partial charge in [-0.3, -0.25) is 4.79 Å². The molecule has 0 bridgehead atoms. The number of carbonyl (C=O) groups is 1. The van der Waals surface area contributed by atoms with E-state index in [1.807, 2.05) is 0 Å². The number of nitrogens with zero attached hydrogens (tertiary/aromatic N) is 1. The van der Waals surface area contributed by atoms with Gasteiger partial charge in [0.1, 0.15) is 4.90 Å². The van der Waals surface area contributed by atoms with Crippen LogP contribution in [0.4, 0.5) is 5.69 Å². The fourth-order valence-corrected chi connectivity index (χ4v) is 4.37. The molecule has 0 saturated heterocycles. The van der Waals surface area contributed by atoms with E-state index in [4.69, 9.17) is 23.2 Å². The quantitative estimate of drug-likeness (QED) is 0.786. The van der Waals surface area contributed by atoms with E-state index in [1.54, 1.807) is 44.2 Å². The van der Waals surface area contributed by atoms with Gasteiger partial charge in [0.2, 0.25) is 10.0 Å². The Kier molecular flexibility index (Phi) is 6.46. The number of carbonyl (C=O) groups excluding carboxylic acids is 1. The summed E-state index contributed by atoms with van der Waals surface area (Å²) in [5, 5.41) is 3.30. The Hall–Kier alpha value is -1.60. The predicted octanol–water partition coefficient (Wildman–Crippen LogP) is 4.28. The standard InChI is InChI=1S/C17H18Cl2N2O3S/c1-3-21(4-2)25(23,24)16-11-14(9-10-15(16)19)20-17(22)12-5-7-13(18)8-6-12/h5-11H,3-4H2,1-2H3,(H,20,22). The minimum absolute atomic E-state index is 0.0354. The van der Waals surface area contributed by atoms with Gasteiger partial charge in [0.25, 0.3) is 5.91 Å². The van der Waals surface area contributed by atoms with Gasteiger partial charge in [-0.2, -0.15) is 4.31 Å². The third kappa shape index (κ3) is 4.52. The van der Waals surface area contributed by atoms with Crippen molar-refractivity contribution < 1.29 is 13.2 Å². The number of anilines is 1. The number of hydrogen-bond acceptors (Lipinski definition) is 3. The van der Waals surface area contributed by atoms with E-state index in [2.05, 4.69) is 5.32 Å². The topological polar surface area (TPSA) is 66.5 Å². The number of benzene rings is 2. The van der Waals surface area contributed by atoms with E-state index in [9.17, 15) is 13.2 Å². The summed E-state index contributed by atoms with van der Waals surface area (Å²) in [6.07, 6.45) is 0. The second kappa shape index (κ2) is 8.19. The van der Waals surface area contributed by atoms with E-state index in [0.717, 1.165) is 0 Å². The Balaban J connectivity index is 2.33. The van der Waals surface area contributed by atoms with Crippen molar-refractivity contribution in [3.63, 3.8) is 0 Å². The Morgan fingerprint density at radius 3 is 2.20 bits per heavy atom. The van der Waals surface area contributed by atoms with Crippen molar-refractivity contribution in [3.05, 3.63) is 58.1 Å². The molecule has 0 spiro atoms.